The molecule has 2 saturated heterocycles. The average molecular weight is 461 g/mol. The first-order valence-electron chi connectivity index (χ1n) is 9.16. The van der Waals surface area contributed by atoms with Crippen molar-refractivity contribution in [2.75, 3.05) is 18.1 Å². The molecule has 150 valence electrons. The molecule has 0 spiro atoms. The van der Waals surface area contributed by atoms with Gasteiger partial charge in [-0.25, -0.2) is 18.7 Å². The van der Waals surface area contributed by atoms with Crippen LogP contribution in [0.5, 0.6) is 0 Å². The van der Waals surface area contributed by atoms with E-state index in [0.717, 1.165) is 29.3 Å². The summed E-state index contributed by atoms with van der Waals surface area (Å²) in [5.74, 6) is -0.384. The minimum Gasteiger partial charge on any atom is -0.350 e. The lowest BCUT2D eigenvalue weighted by Gasteiger charge is -2.37. The summed E-state index contributed by atoms with van der Waals surface area (Å²) in [5, 5.41) is 3.28. The van der Waals surface area contributed by atoms with E-state index < -0.39 is 21.7 Å². The summed E-state index contributed by atoms with van der Waals surface area (Å²) in [4.78, 5) is 18.3. The molecule has 1 aromatic carbocycles. The zero-order chi connectivity index (χ0) is 19.3. The predicted molar refractivity (Wildman–Crippen MR) is 104 cm³/mol. The zero-order valence-electron chi connectivity index (χ0n) is 15.1. The highest BCUT2D eigenvalue weighted by Gasteiger charge is 2.43. The topological polar surface area (TPSA) is 93.7 Å². The SMILES string of the molecule is O=C(NOC1CCCCO1)C1(NCc2ccc(Br)cc2)CCS(=O)(=O)CC1. The van der Waals surface area contributed by atoms with Gasteiger partial charge in [-0.3, -0.25) is 10.1 Å². The molecule has 0 saturated carbocycles. The normalized spacial score (nSPS) is 24.3. The molecule has 2 heterocycles. The van der Waals surface area contributed by atoms with Crippen LogP contribution in [0.15, 0.2) is 28.7 Å². The zero-order valence-corrected chi connectivity index (χ0v) is 17.5. The Morgan fingerprint density at radius 3 is 2.56 bits per heavy atom. The first-order valence-corrected chi connectivity index (χ1v) is 11.8. The number of carbonyl (C=O) groups excluding carboxylic acids is 1. The third kappa shape index (κ3) is 5.74. The van der Waals surface area contributed by atoms with Gasteiger partial charge >= 0.3 is 0 Å². The second kappa shape index (κ2) is 9.00. The van der Waals surface area contributed by atoms with Gasteiger partial charge < -0.3 is 4.74 Å². The van der Waals surface area contributed by atoms with Crippen molar-refractivity contribution in [1.82, 2.24) is 10.8 Å². The third-order valence-corrected chi connectivity index (χ3v) is 7.26. The van der Waals surface area contributed by atoms with Gasteiger partial charge in [0.25, 0.3) is 5.91 Å². The van der Waals surface area contributed by atoms with Crippen LogP contribution in [0.2, 0.25) is 0 Å². The Labute approximate surface area is 168 Å². The molecule has 0 aliphatic carbocycles. The van der Waals surface area contributed by atoms with E-state index in [1.807, 2.05) is 24.3 Å². The van der Waals surface area contributed by atoms with Gasteiger partial charge in [-0.05, 0) is 43.4 Å². The fraction of sp³-hybridized carbons (Fsp3) is 0.611. The van der Waals surface area contributed by atoms with Gasteiger partial charge in [0.05, 0.1) is 11.5 Å². The number of hydrogen-bond acceptors (Lipinski definition) is 6. The first-order chi connectivity index (χ1) is 12.9. The molecule has 1 atom stereocenters. The van der Waals surface area contributed by atoms with E-state index in [1.54, 1.807) is 0 Å². The second-order valence-electron chi connectivity index (χ2n) is 7.06. The smallest absolute Gasteiger partial charge is 0.263 e. The van der Waals surface area contributed by atoms with E-state index in [-0.39, 0.29) is 30.3 Å². The highest BCUT2D eigenvalue weighted by atomic mass is 79.9. The quantitative estimate of drug-likeness (QED) is 0.630. The maximum absolute atomic E-state index is 12.9. The monoisotopic (exact) mass is 460 g/mol. The van der Waals surface area contributed by atoms with Gasteiger partial charge in [0.1, 0.15) is 15.4 Å². The molecular weight excluding hydrogens is 436 g/mol. The van der Waals surface area contributed by atoms with Gasteiger partial charge in [0.15, 0.2) is 6.29 Å². The Morgan fingerprint density at radius 1 is 1.22 bits per heavy atom. The highest BCUT2D eigenvalue weighted by Crippen LogP contribution is 2.25. The summed E-state index contributed by atoms with van der Waals surface area (Å²) in [6.45, 7) is 1.08. The number of benzene rings is 1. The molecule has 3 rings (SSSR count). The summed E-state index contributed by atoms with van der Waals surface area (Å²) in [7, 11) is -3.10. The molecule has 0 aromatic heterocycles. The van der Waals surface area contributed by atoms with Crippen LogP contribution in [0.25, 0.3) is 0 Å². The van der Waals surface area contributed by atoms with Crippen LogP contribution in [0, 0.1) is 0 Å². The highest BCUT2D eigenvalue weighted by molar-refractivity contribution is 9.10. The van der Waals surface area contributed by atoms with Gasteiger partial charge in [-0.2, -0.15) is 0 Å². The van der Waals surface area contributed by atoms with Crippen molar-refractivity contribution in [1.29, 1.82) is 0 Å². The van der Waals surface area contributed by atoms with Gasteiger partial charge in [-0.1, -0.05) is 28.1 Å². The first kappa shape index (κ1) is 20.7. The van der Waals surface area contributed by atoms with E-state index in [2.05, 4.69) is 26.7 Å². The number of nitrogens with one attached hydrogen (secondary N) is 2. The maximum atomic E-state index is 12.9. The van der Waals surface area contributed by atoms with Crippen LogP contribution in [-0.4, -0.2) is 44.3 Å². The Kier molecular flexibility index (Phi) is 6.91. The summed E-state index contributed by atoms with van der Waals surface area (Å²) in [5.41, 5.74) is 2.54. The Morgan fingerprint density at radius 2 is 1.93 bits per heavy atom. The van der Waals surface area contributed by atoms with E-state index in [0.29, 0.717) is 13.2 Å². The number of halogens is 1. The Hall–Kier alpha value is -1.00. The number of ether oxygens (including phenoxy) is 1. The Bertz CT molecular complexity index is 734. The molecule has 27 heavy (non-hydrogen) atoms. The number of amides is 1. The predicted octanol–water partition coefficient (Wildman–Crippen LogP) is 2.06. The lowest BCUT2D eigenvalue weighted by Crippen LogP contribution is -2.60. The lowest BCUT2D eigenvalue weighted by atomic mass is 9.91. The molecule has 7 nitrogen and oxygen atoms in total. The van der Waals surface area contributed by atoms with Gasteiger partial charge in [0.2, 0.25) is 0 Å². The molecule has 2 aliphatic rings. The minimum atomic E-state index is -3.10. The van der Waals surface area contributed by atoms with Crippen LogP contribution in [0.4, 0.5) is 0 Å². The van der Waals surface area contributed by atoms with Crippen molar-refractivity contribution >= 4 is 31.7 Å². The molecular formula is C18H25BrN2O5S. The lowest BCUT2D eigenvalue weighted by molar-refractivity contribution is -0.203. The third-order valence-electron chi connectivity index (χ3n) is 5.08. The fourth-order valence-corrected chi connectivity index (χ4v) is 5.05. The fourth-order valence-electron chi connectivity index (χ4n) is 3.27. The van der Waals surface area contributed by atoms with Crippen molar-refractivity contribution in [2.45, 2.75) is 50.5 Å². The average Bonchev–Trinajstić information content (AvgIpc) is 2.68. The van der Waals surface area contributed by atoms with Crippen molar-refractivity contribution in [3.63, 3.8) is 0 Å². The molecule has 1 unspecified atom stereocenters. The second-order valence-corrected chi connectivity index (χ2v) is 10.3. The number of sulfone groups is 1. The number of hydrogen-bond donors (Lipinski definition) is 2. The van der Waals surface area contributed by atoms with Crippen LogP contribution in [0.3, 0.4) is 0 Å². The molecule has 2 aliphatic heterocycles. The van der Waals surface area contributed by atoms with Crippen molar-refractivity contribution < 1.29 is 22.8 Å². The maximum Gasteiger partial charge on any atom is 0.263 e. The summed E-state index contributed by atoms with van der Waals surface area (Å²) >= 11 is 3.40. The molecule has 2 fully saturated rings. The van der Waals surface area contributed by atoms with Gasteiger partial charge in [0, 0.05) is 24.0 Å². The number of carbonyl (C=O) groups is 1. The Balaban J connectivity index is 1.65. The van der Waals surface area contributed by atoms with Crippen LogP contribution in [0.1, 0.15) is 37.7 Å². The summed E-state index contributed by atoms with van der Waals surface area (Å²) in [6.07, 6.45) is 2.70. The van der Waals surface area contributed by atoms with Crippen LogP contribution in [-0.2, 0) is 30.8 Å². The molecule has 0 radical (unpaired) electrons. The van der Waals surface area contributed by atoms with E-state index in [9.17, 15) is 13.2 Å². The largest absolute Gasteiger partial charge is 0.350 e. The van der Waals surface area contributed by atoms with Crippen molar-refractivity contribution in [2.24, 2.45) is 0 Å². The number of hydroxylamine groups is 1. The van der Waals surface area contributed by atoms with Crippen LogP contribution < -0.4 is 10.8 Å². The molecule has 0 bridgehead atoms. The number of rotatable bonds is 6. The van der Waals surface area contributed by atoms with E-state index in [4.69, 9.17) is 9.57 Å². The standard InChI is InChI=1S/C18H25BrN2O5S/c19-15-6-4-14(5-7-15)13-20-18(8-11-27(23,24)12-9-18)17(22)21-26-16-3-1-2-10-25-16/h4-7,16,20H,1-3,8-13H2,(H,21,22). The van der Waals surface area contributed by atoms with Gasteiger partial charge in [-0.15, -0.1) is 0 Å². The summed E-state index contributed by atoms with van der Waals surface area (Å²) < 4.78 is 30.2. The van der Waals surface area contributed by atoms with E-state index in [1.165, 1.54) is 0 Å². The van der Waals surface area contributed by atoms with E-state index >= 15 is 0 Å². The van der Waals surface area contributed by atoms with Crippen molar-refractivity contribution in [3.8, 4) is 0 Å². The minimum absolute atomic E-state index is 0.0202. The molecule has 9 heteroatoms. The van der Waals surface area contributed by atoms with Crippen LogP contribution >= 0.6 is 15.9 Å². The molecule has 2 N–H and O–H groups in total. The van der Waals surface area contributed by atoms with Crippen molar-refractivity contribution in [3.05, 3.63) is 34.3 Å². The molecule has 1 aromatic rings. The summed E-state index contributed by atoms with van der Waals surface area (Å²) in [6, 6.07) is 7.76. The molecule has 1 amide bonds.